The number of rotatable bonds is 15. The molecule has 2 aromatic rings. The van der Waals surface area contributed by atoms with E-state index in [-0.39, 0.29) is 24.9 Å². The molecule has 0 aliphatic carbocycles. The highest BCUT2D eigenvalue weighted by atomic mass is 35.5. The molecule has 5 rings (SSSR count). The topological polar surface area (TPSA) is 234 Å². The van der Waals surface area contributed by atoms with Gasteiger partial charge in [-0.1, -0.05) is 61.3 Å². The number of benzene rings is 1. The Kier molecular flexibility index (Phi) is 20.3. The lowest BCUT2D eigenvalue weighted by Gasteiger charge is -2.47. The number of aryl methyl sites for hydroxylation is 1. The molecule has 0 saturated carbocycles. The number of unbranched alkanes of at least 4 members (excludes halogenated alkanes) is 1. The molecule has 0 spiro atoms. The molecule has 0 radical (unpaired) electrons. The third-order valence-electron chi connectivity index (χ3n) is 14.0. The summed E-state index contributed by atoms with van der Waals surface area (Å²) < 4.78 is 38.9. The van der Waals surface area contributed by atoms with Gasteiger partial charge in [-0.25, -0.2) is 9.59 Å². The molecule has 72 heavy (non-hydrogen) atoms. The van der Waals surface area contributed by atoms with Crippen LogP contribution in [0.4, 0.5) is 15.3 Å². The second-order valence-corrected chi connectivity index (χ2v) is 22.3. The first-order valence-electron chi connectivity index (χ1n) is 25.0. The minimum Gasteiger partial charge on any atom is -0.458 e. The van der Waals surface area contributed by atoms with Gasteiger partial charge in [-0.15, -0.1) is 5.10 Å². The predicted molar refractivity (Wildman–Crippen MR) is 270 cm³/mol. The van der Waals surface area contributed by atoms with Crippen LogP contribution in [-0.2, 0) is 49.3 Å². The number of ether oxygens (including phenoxy) is 6. The largest absolute Gasteiger partial charge is 0.458 e. The zero-order valence-electron chi connectivity index (χ0n) is 44.1. The zero-order valence-corrected chi connectivity index (χ0v) is 45.6. The number of fused-ring (bicyclic) bond motifs is 1. The van der Waals surface area contributed by atoms with E-state index in [1.807, 2.05) is 65.0 Å². The van der Waals surface area contributed by atoms with Gasteiger partial charge in [-0.2, -0.15) is 0 Å². The van der Waals surface area contributed by atoms with E-state index >= 15 is 0 Å². The zero-order chi connectivity index (χ0) is 53.5. The first kappa shape index (κ1) is 58.7. The van der Waals surface area contributed by atoms with E-state index in [9.17, 15) is 29.1 Å². The molecule has 4 heterocycles. The highest BCUT2D eigenvalue weighted by Gasteiger charge is 2.59. The Labute approximate surface area is 434 Å². The van der Waals surface area contributed by atoms with Crippen molar-refractivity contribution in [1.82, 2.24) is 35.4 Å². The number of methoxy groups -OCH3 is 1. The van der Waals surface area contributed by atoms with Crippen molar-refractivity contribution in [2.24, 2.45) is 17.8 Å². The van der Waals surface area contributed by atoms with Gasteiger partial charge >= 0.3 is 18.2 Å². The van der Waals surface area contributed by atoms with Crippen molar-refractivity contribution >= 4 is 58.7 Å². The highest BCUT2D eigenvalue weighted by Crippen LogP contribution is 2.40. The monoisotopic (exact) mass is 1050 g/mol. The summed E-state index contributed by atoms with van der Waals surface area (Å²) >= 11 is 11.6. The first-order valence-corrected chi connectivity index (χ1v) is 25.8. The van der Waals surface area contributed by atoms with Crippen LogP contribution < -0.4 is 16.0 Å². The SMILES string of the molecule is CC[C@H]1OC(=O)[C@H](C)C(=O)[C@H](C)[C@@H](O[C@@H]2OC(CNC(=O)C(Cl)Cl)CC(N(C)C)C2O)[C@](C)(OC)C[C@@H](C)CN[C@H](C)[C@H]2N(CCCCn3cc(-c4cccc(NC(=O)OC(C)(C)C)c4)nn3)C(=O)O[C@]12C. The summed E-state index contributed by atoms with van der Waals surface area (Å²) in [6.07, 6.45) is -2.16. The Bertz CT molecular complexity index is 2180. The van der Waals surface area contributed by atoms with Crippen LogP contribution in [0.2, 0.25) is 0 Å². The molecule has 20 nitrogen and oxygen atoms in total. The van der Waals surface area contributed by atoms with Crippen LogP contribution in [0.5, 0.6) is 0 Å². The minimum absolute atomic E-state index is 0.0290. The second-order valence-electron chi connectivity index (χ2n) is 21.2. The van der Waals surface area contributed by atoms with Crippen molar-refractivity contribution in [2.75, 3.05) is 46.2 Å². The number of carbonyl (C=O) groups excluding carboxylic acids is 5. The number of nitrogens with one attached hydrogen (secondary N) is 3. The van der Waals surface area contributed by atoms with Gasteiger partial charge < -0.3 is 49.1 Å². The predicted octanol–water partition coefficient (Wildman–Crippen LogP) is 5.95. The molecule has 3 fully saturated rings. The van der Waals surface area contributed by atoms with E-state index in [0.29, 0.717) is 56.7 Å². The Morgan fingerprint density at radius 1 is 1.08 bits per heavy atom. The maximum atomic E-state index is 14.6. The standard InChI is InChI=1S/C50H78Cl2N8O12/c1-14-37-50(10)40(60(47(66)72-50)21-16-15-20-59-27-35(56-57-59)32-18-17-19-33(22-32)55-46(65)71-48(6,7)8)31(5)53-25-28(2)24-49(9,67-13)41(29(3)38(61)30(4)44(64)69-37)70-45-39(62)36(58(11)12)23-34(68-45)26-54-43(63)42(51)52/h17-19,22,27-31,34,36-37,39-42,45,53,62H,14-16,20-21,23-26H2,1-13H3,(H,54,63)(H,55,65)/t28-,29+,30-,31-,34?,36?,37-,39?,40-,41-,45+,49-,50-/m1/s1. The van der Waals surface area contributed by atoms with Crippen LogP contribution in [0, 0.1) is 17.8 Å². The Hall–Kier alpha value is -4.15. The molecule has 3 saturated heterocycles. The smallest absolute Gasteiger partial charge is 0.412 e. The number of hydrogen-bond donors (Lipinski definition) is 4. The molecular weight excluding hydrogens is 975 g/mol. The fourth-order valence-electron chi connectivity index (χ4n) is 10.2. The number of nitrogens with zero attached hydrogens (tertiary/aromatic N) is 5. The fourth-order valence-corrected chi connectivity index (χ4v) is 10.4. The summed E-state index contributed by atoms with van der Waals surface area (Å²) in [6, 6.07) is 5.80. The van der Waals surface area contributed by atoms with E-state index < -0.39 is 106 Å². The van der Waals surface area contributed by atoms with Crippen LogP contribution in [0.3, 0.4) is 0 Å². The quantitative estimate of drug-likeness (QED) is 0.0531. The van der Waals surface area contributed by atoms with Gasteiger partial charge in [0.25, 0.3) is 5.91 Å². The fraction of sp³-hybridized carbons (Fsp3) is 0.740. The average molecular weight is 1050 g/mol. The third-order valence-corrected chi connectivity index (χ3v) is 14.4. The number of carbonyl (C=O) groups is 5. The van der Waals surface area contributed by atoms with Gasteiger partial charge in [0.05, 0.1) is 30.0 Å². The molecule has 1 aromatic heterocycles. The number of likely N-dealkylation sites (N-methyl/N-ethyl adjacent to an activating group) is 1. The van der Waals surface area contributed by atoms with Crippen molar-refractivity contribution in [3.63, 3.8) is 0 Å². The molecule has 13 atom stereocenters. The Balaban J connectivity index is 1.34. The van der Waals surface area contributed by atoms with E-state index in [2.05, 4.69) is 26.3 Å². The van der Waals surface area contributed by atoms with Crippen molar-refractivity contribution in [3.8, 4) is 11.3 Å². The van der Waals surface area contributed by atoms with Crippen LogP contribution in [0.25, 0.3) is 11.3 Å². The average Bonchev–Trinajstić information content (AvgIpc) is 3.89. The number of aliphatic hydroxyl groups excluding tert-OH is 1. The lowest BCUT2D eigenvalue weighted by molar-refractivity contribution is -0.296. The van der Waals surface area contributed by atoms with Gasteiger partial charge in [0, 0.05) is 56.0 Å². The number of aromatic nitrogens is 3. The number of aliphatic hydroxyl groups is 1. The maximum absolute atomic E-state index is 14.6. The first-order chi connectivity index (χ1) is 33.7. The molecule has 3 amide bonds. The van der Waals surface area contributed by atoms with Crippen molar-refractivity contribution < 1.29 is 57.5 Å². The summed E-state index contributed by atoms with van der Waals surface area (Å²) in [5, 5.41) is 29.5. The van der Waals surface area contributed by atoms with Gasteiger partial charge in [0.15, 0.2) is 22.5 Å². The summed E-state index contributed by atoms with van der Waals surface area (Å²) in [6.45, 7) is 19.3. The number of Topliss-reactive ketones (excluding diaryl/α,β-unsaturated/α-hetero) is 1. The molecule has 404 valence electrons. The van der Waals surface area contributed by atoms with Crippen LogP contribution >= 0.6 is 23.2 Å². The van der Waals surface area contributed by atoms with Gasteiger partial charge in [-0.05, 0) is 119 Å². The molecular formula is C50H78Cl2N8O12. The van der Waals surface area contributed by atoms with Gasteiger partial charge in [-0.3, -0.25) is 29.3 Å². The van der Waals surface area contributed by atoms with E-state index in [1.54, 1.807) is 56.3 Å². The van der Waals surface area contributed by atoms with Crippen LogP contribution in [-0.4, -0.2) is 171 Å². The minimum atomic E-state index is -1.31. The van der Waals surface area contributed by atoms with Crippen molar-refractivity contribution in [2.45, 2.75) is 178 Å². The lowest BCUT2D eigenvalue weighted by atomic mass is 9.78. The van der Waals surface area contributed by atoms with Gasteiger partial charge in [0.2, 0.25) is 0 Å². The molecule has 0 bridgehead atoms. The molecule has 3 unspecified atom stereocenters. The molecule has 3 aliphatic heterocycles. The summed E-state index contributed by atoms with van der Waals surface area (Å²) in [5.74, 6) is -4.26. The maximum Gasteiger partial charge on any atom is 0.412 e. The number of cyclic esters (lactones) is 1. The van der Waals surface area contributed by atoms with E-state index in [0.717, 1.165) is 5.56 Å². The molecule has 1 aromatic carbocycles. The number of amides is 3. The molecule has 22 heteroatoms. The summed E-state index contributed by atoms with van der Waals surface area (Å²) in [7, 11) is 5.15. The third kappa shape index (κ3) is 14.6. The van der Waals surface area contributed by atoms with E-state index in [4.69, 9.17) is 51.6 Å². The number of hydrogen-bond acceptors (Lipinski definition) is 16. The highest BCUT2D eigenvalue weighted by molar-refractivity contribution is 6.53. The number of halogens is 2. The second kappa shape index (κ2) is 24.9. The van der Waals surface area contributed by atoms with Crippen molar-refractivity contribution in [1.29, 1.82) is 0 Å². The van der Waals surface area contributed by atoms with Gasteiger partial charge in [0.1, 0.15) is 29.4 Å². The normalized spacial score (nSPS) is 32.1. The van der Waals surface area contributed by atoms with Crippen LogP contribution in [0.15, 0.2) is 30.5 Å². The molecule has 3 aliphatic rings. The number of anilines is 1. The summed E-state index contributed by atoms with van der Waals surface area (Å²) in [5.41, 5.74) is -1.21. The van der Waals surface area contributed by atoms with Crippen LogP contribution in [0.1, 0.15) is 101 Å². The van der Waals surface area contributed by atoms with Crippen molar-refractivity contribution in [3.05, 3.63) is 30.5 Å². The lowest BCUT2D eigenvalue weighted by Crippen LogP contribution is -2.61. The molecule has 4 N–H and O–H groups in total. The number of esters is 1. The number of alkyl halides is 2. The number of ketones is 1. The Morgan fingerprint density at radius 2 is 1.78 bits per heavy atom. The van der Waals surface area contributed by atoms with E-state index in [1.165, 1.54) is 14.0 Å². The Morgan fingerprint density at radius 3 is 2.42 bits per heavy atom. The summed E-state index contributed by atoms with van der Waals surface area (Å²) in [4.78, 5) is 69.7.